The molecule has 0 aliphatic carbocycles. The molecule has 0 bridgehead atoms. The third kappa shape index (κ3) is 3.39. The maximum Gasteiger partial charge on any atom is 0.316 e. The van der Waals surface area contributed by atoms with Crippen molar-refractivity contribution in [3.8, 4) is 5.75 Å². The maximum absolute atomic E-state index is 11.7. The van der Waals surface area contributed by atoms with Crippen LogP contribution in [0.1, 0.15) is 4.88 Å². The Labute approximate surface area is 123 Å². The van der Waals surface area contributed by atoms with Gasteiger partial charge in [0.1, 0.15) is 0 Å². The molecule has 0 spiro atoms. The molecule has 1 heterocycles. The molecule has 0 aliphatic rings. The van der Waals surface area contributed by atoms with Crippen LogP contribution in [0, 0.1) is 0 Å². The zero-order valence-corrected chi connectivity index (χ0v) is 12.0. The molecule has 94 valence electrons. The van der Waals surface area contributed by atoms with Crippen LogP contribution in [0.25, 0.3) is 0 Å². The van der Waals surface area contributed by atoms with Crippen LogP contribution in [-0.2, 0) is 11.2 Å². The van der Waals surface area contributed by atoms with Crippen LogP contribution in [0.3, 0.4) is 0 Å². The van der Waals surface area contributed by atoms with Crippen molar-refractivity contribution in [2.24, 2.45) is 0 Å². The number of carbonyl (C=O) groups is 1. The molecule has 0 saturated carbocycles. The Morgan fingerprint density at radius 3 is 2.44 bits per heavy atom. The van der Waals surface area contributed by atoms with E-state index in [1.165, 1.54) is 23.5 Å². The van der Waals surface area contributed by atoms with E-state index in [4.69, 9.17) is 39.5 Å². The number of esters is 1. The van der Waals surface area contributed by atoms with Crippen LogP contribution in [0.2, 0.25) is 15.1 Å². The van der Waals surface area contributed by atoms with Crippen LogP contribution in [0.5, 0.6) is 5.75 Å². The summed E-state index contributed by atoms with van der Waals surface area (Å²) < 4.78 is 5.15. The van der Waals surface area contributed by atoms with Crippen molar-refractivity contribution in [2.45, 2.75) is 6.42 Å². The molecule has 2 rings (SSSR count). The van der Waals surface area contributed by atoms with Gasteiger partial charge in [-0.3, -0.25) is 4.79 Å². The van der Waals surface area contributed by atoms with E-state index in [0.717, 1.165) is 4.88 Å². The van der Waals surface area contributed by atoms with Crippen molar-refractivity contribution < 1.29 is 9.53 Å². The van der Waals surface area contributed by atoms with Gasteiger partial charge in [0.2, 0.25) is 0 Å². The highest BCUT2D eigenvalue weighted by Gasteiger charge is 2.14. The van der Waals surface area contributed by atoms with E-state index in [-0.39, 0.29) is 22.2 Å². The lowest BCUT2D eigenvalue weighted by Gasteiger charge is -2.08. The Kier molecular flexibility index (Phi) is 4.51. The van der Waals surface area contributed by atoms with Gasteiger partial charge in [-0.25, -0.2) is 0 Å². The van der Waals surface area contributed by atoms with Gasteiger partial charge in [0.15, 0.2) is 5.75 Å². The predicted octanol–water partition coefficient (Wildman–Crippen LogP) is 4.86. The summed E-state index contributed by atoms with van der Waals surface area (Å²) in [6.45, 7) is 0. The fraction of sp³-hybridized carbons (Fsp3) is 0.0833. The van der Waals surface area contributed by atoms with Crippen LogP contribution in [0.15, 0.2) is 29.6 Å². The quantitative estimate of drug-likeness (QED) is 0.596. The molecule has 0 radical (unpaired) electrons. The average Bonchev–Trinajstić information content (AvgIpc) is 2.76. The second-order valence-electron chi connectivity index (χ2n) is 3.43. The number of carbonyl (C=O) groups excluding carboxylic acids is 1. The van der Waals surface area contributed by atoms with E-state index in [1.54, 1.807) is 0 Å². The first-order valence-electron chi connectivity index (χ1n) is 4.94. The zero-order valence-electron chi connectivity index (χ0n) is 8.95. The first-order valence-corrected chi connectivity index (χ1v) is 6.95. The highest BCUT2D eigenvalue weighted by Crippen LogP contribution is 2.36. The summed E-state index contributed by atoms with van der Waals surface area (Å²) in [6.07, 6.45) is 0.187. The van der Waals surface area contributed by atoms with Gasteiger partial charge in [-0.2, -0.15) is 0 Å². The van der Waals surface area contributed by atoms with Gasteiger partial charge in [-0.15, -0.1) is 11.3 Å². The Balaban J connectivity index is 2.12. The summed E-state index contributed by atoms with van der Waals surface area (Å²) >= 11 is 19.1. The summed E-state index contributed by atoms with van der Waals surface area (Å²) in [4.78, 5) is 12.6. The largest absolute Gasteiger partial charge is 0.423 e. The van der Waals surface area contributed by atoms with E-state index in [9.17, 15) is 4.79 Å². The van der Waals surface area contributed by atoms with Gasteiger partial charge in [0, 0.05) is 9.90 Å². The molecule has 0 fully saturated rings. The summed E-state index contributed by atoms with van der Waals surface area (Å²) in [7, 11) is 0. The standard InChI is InChI=1S/C12H7Cl3O2S/c13-7-4-9(14)12(10(15)5-7)17-11(16)6-8-2-1-3-18-8/h1-5H,6H2. The number of ether oxygens (including phenoxy) is 1. The fourth-order valence-corrected chi connectivity index (χ4v) is 2.92. The topological polar surface area (TPSA) is 26.3 Å². The van der Waals surface area contributed by atoms with Gasteiger partial charge in [-0.1, -0.05) is 40.9 Å². The third-order valence-corrected chi connectivity index (χ3v) is 3.73. The molecular formula is C12H7Cl3O2S. The number of benzene rings is 1. The van der Waals surface area contributed by atoms with E-state index in [0.29, 0.717) is 5.02 Å². The predicted molar refractivity (Wildman–Crippen MR) is 75.1 cm³/mol. The van der Waals surface area contributed by atoms with Crippen LogP contribution < -0.4 is 4.74 Å². The highest BCUT2D eigenvalue weighted by atomic mass is 35.5. The first kappa shape index (κ1) is 13.7. The first-order chi connectivity index (χ1) is 8.56. The Bertz CT molecular complexity index is 544. The number of hydrogen-bond acceptors (Lipinski definition) is 3. The number of rotatable bonds is 3. The minimum absolute atomic E-state index is 0.143. The molecule has 0 aliphatic heterocycles. The van der Waals surface area contributed by atoms with Gasteiger partial charge < -0.3 is 4.74 Å². The van der Waals surface area contributed by atoms with Crippen molar-refractivity contribution in [1.82, 2.24) is 0 Å². The minimum Gasteiger partial charge on any atom is -0.423 e. The molecule has 1 aromatic heterocycles. The van der Waals surface area contributed by atoms with E-state index in [1.807, 2.05) is 17.5 Å². The van der Waals surface area contributed by atoms with Crippen molar-refractivity contribution >= 4 is 52.1 Å². The van der Waals surface area contributed by atoms with Crippen molar-refractivity contribution in [1.29, 1.82) is 0 Å². The van der Waals surface area contributed by atoms with E-state index < -0.39 is 5.97 Å². The molecule has 6 heteroatoms. The number of hydrogen-bond donors (Lipinski definition) is 0. The molecule has 0 unspecified atom stereocenters. The molecule has 0 amide bonds. The van der Waals surface area contributed by atoms with E-state index >= 15 is 0 Å². The van der Waals surface area contributed by atoms with Gasteiger partial charge in [0.05, 0.1) is 16.5 Å². The molecule has 0 N–H and O–H groups in total. The van der Waals surface area contributed by atoms with Gasteiger partial charge >= 0.3 is 5.97 Å². The molecule has 0 atom stereocenters. The van der Waals surface area contributed by atoms with Gasteiger partial charge in [0.25, 0.3) is 0 Å². The molecule has 18 heavy (non-hydrogen) atoms. The molecular weight excluding hydrogens is 315 g/mol. The average molecular weight is 322 g/mol. The molecule has 2 nitrogen and oxygen atoms in total. The third-order valence-electron chi connectivity index (χ3n) is 2.08. The lowest BCUT2D eigenvalue weighted by atomic mass is 10.3. The van der Waals surface area contributed by atoms with E-state index in [2.05, 4.69) is 0 Å². The second-order valence-corrected chi connectivity index (χ2v) is 5.71. The molecule has 1 aromatic carbocycles. The lowest BCUT2D eigenvalue weighted by Crippen LogP contribution is -2.11. The monoisotopic (exact) mass is 320 g/mol. The van der Waals surface area contributed by atoms with Crippen molar-refractivity contribution in [3.05, 3.63) is 49.6 Å². The zero-order chi connectivity index (χ0) is 13.1. The summed E-state index contributed by atoms with van der Waals surface area (Å²) in [5.74, 6) is -0.270. The lowest BCUT2D eigenvalue weighted by molar-refractivity contribution is -0.133. The van der Waals surface area contributed by atoms with Crippen LogP contribution in [0.4, 0.5) is 0 Å². The number of thiophene rings is 1. The Morgan fingerprint density at radius 1 is 1.22 bits per heavy atom. The minimum atomic E-state index is -0.413. The summed E-state index contributed by atoms with van der Waals surface area (Å²) in [5.41, 5.74) is 0. The van der Waals surface area contributed by atoms with Crippen LogP contribution >= 0.6 is 46.1 Å². The SMILES string of the molecule is O=C(Cc1cccs1)Oc1c(Cl)cc(Cl)cc1Cl. The normalized spacial score (nSPS) is 10.4. The smallest absolute Gasteiger partial charge is 0.316 e. The van der Waals surface area contributed by atoms with Gasteiger partial charge in [-0.05, 0) is 23.6 Å². The highest BCUT2D eigenvalue weighted by molar-refractivity contribution is 7.10. The number of halogens is 3. The Hall–Kier alpha value is -0.740. The summed E-state index contributed by atoms with van der Waals surface area (Å²) in [5, 5.41) is 2.72. The van der Waals surface area contributed by atoms with Crippen LogP contribution in [-0.4, -0.2) is 5.97 Å². The summed E-state index contributed by atoms with van der Waals surface area (Å²) in [6, 6.07) is 6.68. The second kappa shape index (κ2) is 5.93. The molecule has 2 aromatic rings. The Morgan fingerprint density at radius 2 is 1.89 bits per heavy atom. The fourth-order valence-electron chi connectivity index (χ4n) is 1.33. The van der Waals surface area contributed by atoms with Crippen molar-refractivity contribution in [3.63, 3.8) is 0 Å². The maximum atomic E-state index is 11.7. The van der Waals surface area contributed by atoms with Crippen molar-refractivity contribution in [2.75, 3.05) is 0 Å². The molecule has 0 saturated heterocycles.